The molecule has 6 nitrogen and oxygen atoms in total. The van der Waals surface area contributed by atoms with Gasteiger partial charge in [-0.15, -0.1) is 0 Å². The minimum atomic E-state index is -1.03. The number of hydrogen-bond donors (Lipinski definition) is 2. The number of para-hydroxylation sites is 2. The molecule has 0 fully saturated rings. The topological polar surface area (TPSA) is 84.4 Å². The second kappa shape index (κ2) is 6.62. The van der Waals surface area contributed by atoms with E-state index in [1.165, 1.54) is 6.92 Å². The predicted molar refractivity (Wildman–Crippen MR) is 90.4 cm³/mol. The highest BCUT2D eigenvalue weighted by Gasteiger charge is 2.17. The molecule has 1 aromatic heterocycles. The molecule has 3 rings (SSSR count). The van der Waals surface area contributed by atoms with Gasteiger partial charge in [0.15, 0.2) is 17.6 Å². The average Bonchev–Trinajstić information content (AvgIpc) is 3.00. The summed E-state index contributed by atoms with van der Waals surface area (Å²) in [5, 5.41) is 9.00. The lowest BCUT2D eigenvalue weighted by Gasteiger charge is -2.15. The molecule has 0 aliphatic heterocycles. The second-order valence-corrected chi connectivity index (χ2v) is 5.30. The Bertz CT molecular complexity index is 839. The predicted octanol–water partition coefficient (Wildman–Crippen LogP) is 3.48. The van der Waals surface area contributed by atoms with Gasteiger partial charge in [-0.1, -0.05) is 12.1 Å². The summed E-state index contributed by atoms with van der Waals surface area (Å²) in [5.74, 6) is 0.573. The summed E-state index contributed by atoms with van der Waals surface area (Å²) in [6, 6.07) is 13.1. The van der Waals surface area contributed by atoms with Crippen molar-refractivity contribution in [3.05, 3.63) is 42.5 Å². The third-order valence-corrected chi connectivity index (χ3v) is 3.56. The van der Waals surface area contributed by atoms with Crippen LogP contribution in [-0.4, -0.2) is 33.8 Å². The summed E-state index contributed by atoms with van der Waals surface area (Å²) in [5.41, 5.74) is 2.67. The average molecular weight is 326 g/mol. The molecule has 0 saturated carbocycles. The summed E-state index contributed by atoms with van der Waals surface area (Å²) >= 11 is 0. The van der Waals surface area contributed by atoms with E-state index >= 15 is 0 Å². The number of benzene rings is 2. The number of rotatable bonds is 6. The molecule has 0 bridgehead atoms. The van der Waals surface area contributed by atoms with Crippen LogP contribution >= 0.6 is 0 Å². The molecule has 0 saturated heterocycles. The number of aromatic amines is 1. The van der Waals surface area contributed by atoms with E-state index < -0.39 is 12.1 Å². The van der Waals surface area contributed by atoms with Gasteiger partial charge in [-0.2, -0.15) is 0 Å². The van der Waals surface area contributed by atoms with Crippen LogP contribution in [0.1, 0.15) is 13.8 Å². The zero-order valence-corrected chi connectivity index (χ0v) is 13.4. The van der Waals surface area contributed by atoms with E-state index in [2.05, 4.69) is 9.97 Å². The first-order valence-corrected chi connectivity index (χ1v) is 7.70. The van der Waals surface area contributed by atoms with Gasteiger partial charge < -0.3 is 19.6 Å². The fourth-order valence-electron chi connectivity index (χ4n) is 2.35. The van der Waals surface area contributed by atoms with Crippen LogP contribution in [0.3, 0.4) is 0 Å². The van der Waals surface area contributed by atoms with E-state index in [0.717, 1.165) is 22.4 Å². The van der Waals surface area contributed by atoms with Gasteiger partial charge in [0.05, 0.1) is 17.6 Å². The number of nitrogens with one attached hydrogen (secondary N) is 1. The summed E-state index contributed by atoms with van der Waals surface area (Å²) in [6.45, 7) is 3.78. The number of aliphatic carboxylic acids is 1. The van der Waals surface area contributed by atoms with Crippen LogP contribution in [0.2, 0.25) is 0 Å². The molecule has 0 aliphatic rings. The Labute approximate surface area is 139 Å². The maximum atomic E-state index is 11.0. The summed E-state index contributed by atoms with van der Waals surface area (Å²) in [7, 11) is 0. The number of imidazole rings is 1. The summed E-state index contributed by atoms with van der Waals surface area (Å²) in [4.78, 5) is 18.8. The summed E-state index contributed by atoms with van der Waals surface area (Å²) in [6.07, 6.45) is -0.957. The number of carbonyl (C=O) groups is 1. The van der Waals surface area contributed by atoms with Crippen molar-refractivity contribution in [2.24, 2.45) is 0 Å². The largest absolute Gasteiger partial charge is 0.490 e. The van der Waals surface area contributed by atoms with Crippen molar-refractivity contribution >= 4 is 17.0 Å². The quantitative estimate of drug-likeness (QED) is 0.724. The molecule has 2 aromatic carbocycles. The lowest BCUT2D eigenvalue weighted by atomic mass is 10.2. The number of carboxylic acids is 1. The van der Waals surface area contributed by atoms with E-state index in [1.54, 1.807) is 12.1 Å². The third kappa shape index (κ3) is 3.17. The van der Waals surface area contributed by atoms with E-state index in [0.29, 0.717) is 18.1 Å². The monoisotopic (exact) mass is 326 g/mol. The minimum Gasteiger partial charge on any atom is -0.490 e. The van der Waals surface area contributed by atoms with Crippen molar-refractivity contribution in [2.75, 3.05) is 6.61 Å². The van der Waals surface area contributed by atoms with Crippen molar-refractivity contribution in [1.82, 2.24) is 9.97 Å². The molecule has 0 spiro atoms. The Balaban J connectivity index is 1.97. The zero-order chi connectivity index (χ0) is 17.1. The summed E-state index contributed by atoms with van der Waals surface area (Å²) < 4.78 is 11.0. The lowest BCUT2D eigenvalue weighted by Crippen LogP contribution is -2.23. The number of fused-ring (bicyclic) bond motifs is 1. The first-order valence-electron chi connectivity index (χ1n) is 7.70. The van der Waals surface area contributed by atoms with Gasteiger partial charge in [-0.05, 0) is 44.2 Å². The van der Waals surface area contributed by atoms with Crippen molar-refractivity contribution in [3.8, 4) is 22.9 Å². The Morgan fingerprint density at radius 2 is 2.04 bits per heavy atom. The molecular weight excluding hydrogens is 308 g/mol. The molecule has 1 heterocycles. The normalized spacial score (nSPS) is 12.1. The number of carboxylic acid groups (broad SMARTS) is 1. The Kier molecular flexibility index (Phi) is 4.37. The van der Waals surface area contributed by atoms with Crippen LogP contribution in [0.25, 0.3) is 22.4 Å². The first-order chi connectivity index (χ1) is 11.6. The SMILES string of the molecule is CCOc1cc(-c2nc3ccccc3[nH]2)ccc1OC(C)C(=O)O. The fraction of sp³-hybridized carbons (Fsp3) is 0.222. The number of aromatic nitrogens is 2. The first kappa shape index (κ1) is 15.9. The molecule has 6 heteroatoms. The van der Waals surface area contributed by atoms with Crippen molar-refractivity contribution in [1.29, 1.82) is 0 Å². The van der Waals surface area contributed by atoms with Crippen LogP contribution in [0.15, 0.2) is 42.5 Å². The number of hydrogen-bond acceptors (Lipinski definition) is 4. The molecule has 24 heavy (non-hydrogen) atoms. The molecule has 0 aliphatic carbocycles. The smallest absolute Gasteiger partial charge is 0.344 e. The van der Waals surface area contributed by atoms with Crippen molar-refractivity contribution < 1.29 is 19.4 Å². The van der Waals surface area contributed by atoms with Gasteiger partial charge in [0, 0.05) is 5.56 Å². The highest BCUT2D eigenvalue weighted by molar-refractivity contribution is 5.79. The van der Waals surface area contributed by atoms with E-state index in [9.17, 15) is 4.79 Å². The number of ether oxygens (including phenoxy) is 2. The highest BCUT2D eigenvalue weighted by atomic mass is 16.5. The van der Waals surface area contributed by atoms with E-state index in [-0.39, 0.29) is 0 Å². The standard InChI is InChI=1S/C18H18N2O4/c1-3-23-16-10-12(8-9-15(16)24-11(2)18(21)22)17-19-13-6-4-5-7-14(13)20-17/h4-11H,3H2,1-2H3,(H,19,20)(H,21,22). The molecule has 0 radical (unpaired) electrons. The molecule has 1 unspecified atom stereocenters. The van der Waals surface area contributed by atoms with Crippen LogP contribution in [0.4, 0.5) is 0 Å². The van der Waals surface area contributed by atoms with Crippen LogP contribution in [0.5, 0.6) is 11.5 Å². The molecule has 0 amide bonds. The van der Waals surface area contributed by atoms with Crippen LogP contribution in [0, 0.1) is 0 Å². The maximum absolute atomic E-state index is 11.0. The lowest BCUT2D eigenvalue weighted by molar-refractivity contribution is -0.144. The van der Waals surface area contributed by atoms with Gasteiger partial charge in [-0.25, -0.2) is 9.78 Å². The molecule has 2 N–H and O–H groups in total. The number of nitrogens with zero attached hydrogens (tertiary/aromatic N) is 1. The Morgan fingerprint density at radius 3 is 2.75 bits per heavy atom. The molecular formula is C18H18N2O4. The molecule has 124 valence electrons. The minimum absolute atomic E-state index is 0.395. The van der Waals surface area contributed by atoms with Gasteiger partial charge >= 0.3 is 5.97 Å². The van der Waals surface area contributed by atoms with Gasteiger partial charge in [-0.3, -0.25) is 0 Å². The Morgan fingerprint density at radius 1 is 1.25 bits per heavy atom. The molecule has 3 aromatic rings. The second-order valence-electron chi connectivity index (χ2n) is 5.30. The Hall–Kier alpha value is -3.02. The van der Waals surface area contributed by atoms with Gasteiger partial charge in [0.1, 0.15) is 5.82 Å². The van der Waals surface area contributed by atoms with E-state index in [4.69, 9.17) is 14.6 Å². The van der Waals surface area contributed by atoms with Crippen molar-refractivity contribution in [2.45, 2.75) is 20.0 Å². The van der Waals surface area contributed by atoms with Crippen LogP contribution in [-0.2, 0) is 4.79 Å². The van der Waals surface area contributed by atoms with Crippen LogP contribution < -0.4 is 9.47 Å². The van der Waals surface area contributed by atoms with E-state index in [1.807, 2.05) is 37.3 Å². The fourth-order valence-corrected chi connectivity index (χ4v) is 2.35. The zero-order valence-electron chi connectivity index (χ0n) is 13.4. The van der Waals surface area contributed by atoms with Gasteiger partial charge in [0.2, 0.25) is 0 Å². The third-order valence-electron chi connectivity index (χ3n) is 3.56. The molecule has 1 atom stereocenters. The van der Waals surface area contributed by atoms with Gasteiger partial charge in [0.25, 0.3) is 0 Å². The highest BCUT2D eigenvalue weighted by Crippen LogP contribution is 2.33. The van der Waals surface area contributed by atoms with Crippen molar-refractivity contribution in [3.63, 3.8) is 0 Å². The maximum Gasteiger partial charge on any atom is 0.344 e. The number of H-pyrrole nitrogens is 1.